The average Bonchev–Trinajstić information content (AvgIpc) is 2.27. The number of halogens is 2. The molecule has 0 fully saturated rings. The van der Waals surface area contributed by atoms with Crippen LogP contribution >= 0.6 is 35.4 Å². The Morgan fingerprint density at radius 2 is 2.06 bits per heavy atom. The molecule has 1 aromatic rings. The third-order valence-electron chi connectivity index (χ3n) is 1.96. The molecule has 0 unspecified atom stereocenters. The molecule has 0 saturated carbocycles. The Morgan fingerprint density at radius 1 is 1.41 bits per heavy atom. The lowest BCUT2D eigenvalue weighted by molar-refractivity contribution is 0.0887. The maximum absolute atomic E-state index is 11.8. The van der Waals surface area contributed by atoms with Gasteiger partial charge in [-0.2, -0.15) is 0 Å². The second-order valence-electron chi connectivity index (χ2n) is 3.18. The fourth-order valence-electron chi connectivity index (χ4n) is 1.10. The van der Waals surface area contributed by atoms with Crippen LogP contribution in [-0.2, 0) is 0 Å². The van der Waals surface area contributed by atoms with E-state index >= 15 is 0 Å². The number of amides is 1. The first-order chi connectivity index (χ1) is 7.95. The predicted molar refractivity (Wildman–Crippen MR) is 73.3 cm³/mol. The monoisotopic (exact) mass is 291 g/mol. The van der Waals surface area contributed by atoms with Gasteiger partial charge in [-0.3, -0.25) is 15.2 Å². The minimum absolute atomic E-state index is 0.291. The van der Waals surface area contributed by atoms with Crippen LogP contribution in [0.2, 0.25) is 10.0 Å². The van der Waals surface area contributed by atoms with Crippen LogP contribution < -0.4 is 10.7 Å². The quantitative estimate of drug-likeness (QED) is 0.614. The number of nitrogens with one attached hydrogen (secondary N) is 2. The van der Waals surface area contributed by atoms with Crippen molar-refractivity contribution in [1.82, 2.24) is 15.8 Å². The summed E-state index contributed by atoms with van der Waals surface area (Å²) in [7, 11) is 3.29. The summed E-state index contributed by atoms with van der Waals surface area (Å²) in [5, 5.41) is 5.29. The molecule has 0 aromatic heterocycles. The molecular weight excluding hydrogens is 281 g/mol. The summed E-state index contributed by atoms with van der Waals surface area (Å²) in [5.41, 5.74) is 2.91. The fraction of sp³-hybridized carbons (Fsp3) is 0.200. The van der Waals surface area contributed by atoms with Crippen molar-refractivity contribution in [2.24, 2.45) is 0 Å². The smallest absolute Gasteiger partial charge is 0.271 e. The molecule has 0 aliphatic heterocycles. The lowest BCUT2D eigenvalue weighted by Crippen LogP contribution is -2.47. The van der Waals surface area contributed by atoms with Gasteiger partial charge in [-0.25, -0.2) is 0 Å². The zero-order valence-electron chi connectivity index (χ0n) is 9.25. The molecule has 1 amide bonds. The molecule has 0 atom stereocenters. The van der Waals surface area contributed by atoms with Gasteiger partial charge in [0.2, 0.25) is 0 Å². The lowest BCUT2D eigenvalue weighted by atomic mass is 10.2. The second kappa shape index (κ2) is 6.05. The number of carbonyl (C=O) groups is 1. The van der Waals surface area contributed by atoms with Crippen LogP contribution in [0.4, 0.5) is 0 Å². The van der Waals surface area contributed by atoms with Crippen LogP contribution in [0.25, 0.3) is 0 Å². The van der Waals surface area contributed by atoms with Gasteiger partial charge in [-0.15, -0.1) is 0 Å². The van der Waals surface area contributed by atoms with Gasteiger partial charge in [-0.1, -0.05) is 23.2 Å². The molecule has 1 aromatic carbocycles. The van der Waals surface area contributed by atoms with Crippen LogP contribution in [0, 0.1) is 0 Å². The third-order valence-corrected chi connectivity index (χ3v) is 2.99. The Labute approximate surface area is 115 Å². The lowest BCUT2D eigenvalue weighted by Gasteiger charge is -2.20. The second-order valence-corrected chi connectivity index (χ2v) is 4.41. The minimum atomic E-state index is -0.355. The van der Waals surface area contributed by atoms with Crippen LogP contribution in [0.3, 0.4) is 0 Å². The number of nitrogens with zero attached hydrogens (tertiary/aromatic N) is 1. The van der Waals surface area contributed by atoms with Crippen molar-refractivity contribution in [3.8, 4) is 0 Å². The van der Waals surface area contributed by atoms with Crippen LogP contribution in [-0.4, -0.2) is 30.1 Å². The minimum Gasteiger partial charge on any atom is -0.364 e. The molecule has 4 nitrogen and oxygen atoms in total. The molecular formula is C10H11Cl2N3OS. The summed E-state index contributed by atoms with van der Waals surface area (Å²) in [4.78, 5) is 11.8. The number of thiocarbonyl (C=S) groups is 1. The SMILES string of the molecule is CNC(=S)N(C)NC(=O)c1ccc(Cl)cc1Cl. The van der Waals surface area contributed by atoms with Crippen LogP contribution in [0.15, 0.2) is 18.2 Å². The highest BCUT2D eigenvalue weighted by molar-refractivity contribution is 7.80. The summed E-state index contributed by atoms with van der Waals surface area (Å²) < 4.78 is 0. The van der Waals surface area contributed by atoms with Gasteiger partial charge in [0.15, 0.2) is 5.11 Å². The van der Waals surface area contributed by atoms with E-state index in [-0.39, 0.29) is 5.91 Å². The van der Waals surface area contributed by atoms with Gasteiger partial charge in [0.25, 0.3) is 5.91 Å². The molecule has 0 saturated heterocycles. The number of hydrogen-bond donors (Lipinski definition) is 2. The van der Waals surface area contributed by atoms with Crippen LogP contribution in [0.5, 0.6) is 0 Å². The maximum atomic E-state index is 11.8. The number of rotatable bonds is 1. The Kier molecular flexibility index (Phi) is 4.99. The van der Waals surface area contributed by atoms with Gasteiger partial charge < -0.3 is 5.32 Å². The number of benzene rings is 1. The Balaban J connectivity index is 2.80. The first kappa shape index (κ1) is 14.0. The van der Waals surface area contributed by atoms with Gasteiger partial charge in [0, 0.05) is 19.1 Å². The first-order valence-corrected chi connectivity index (χ1v) is 5.83. The molecule has 0 bridgehead atoms. The molecule has 0 aliphatic carbocycles. The molecule has 0 spiro atoms. The van der Waals surface area contributed by atoms with E-state index in [4.69, 9.17) is 35.4 Å². The highest BCUT2D eigenvalue weighted by Crippen LogP contribution is 2.20. The van der Waals surface area contributed by atoms with E-state index in [1.165, 1.54) is 11.1 Å². The molecule has 92 valence electrons. The maximum Gasteiger partial charge on any atom is 0.271 e. The Morgan fingerprint density at radius 3 is 2.59 bits per heavy atom. The summed E-state index contributed by atoms with van der Waals surface area (Å²) in [6, 6.07) is 4.66. The van der Waals surface area contributed by atoms with Crippen molar-refractivity contribution in [1.29, 1.82) is 0 Å². The number of carbonyl (C=O) groups excluding carboxylic acids is 1. The van der Waals surface area contributed by atoms with E-state index < -0.39 is 0 Å². The van der Waals surface area contributed by atoms with E-state index in [0.29, 0.717) is 20.7 Å². The van der Waals surface area contributed by atoms with E-state index in [1.807, 2.05) is 0 Å². The molecule has 7 heteroatoms. The first-order valence-electron chi connectivity index (χ1n) is 4.67. The average molecular weight is 292 g/mol. The fourth-order valence-corrected chi connectivity index (χ4v) is 1.64. The standard InChI is InChI=1S/C10H11Cl2N3OS/c1-13-10(17)15(2)14-9(16)7-4-3-6(11)5-8(7)12/h3-5H,1-2H3,(H,13,17)(H,14,16). The molecule has 2 N–H and O–H groups in total. The van der Waals surface area contributed by atoms with Crippen molar-refractivity contribution in [2.45, 2.75) is 0 Å². The van der Waals surface area contributed by atoms with Crippen molar-refractivity contribution in [3.63, 3.8) is 0 Å². The highest BCUT2D eigenvalue weighted by Gasteiger charge is 2.13. The van der Waals surface area contributed by atoms with Gasteiger partial charge in [0.1, 0.15) is 0 Å². The topological polar surface area (TPSA) is 44.4 Å². The predicted octanol–water partition coefficient (Wildman–Crippen LogP) is 2.07. The van der Waals surface area contributed by atoms with Gasteiger partial charge >= 0.3 is 0 Å². The summed E-state index contributed by atoms with van der Waals surface area (Å²) in [6.45, 7) is 0. The Bertz CT molecular complexity index is 453. The van der Waals surface area contributed by atoms with Crippen LogP contribution in [0.1, 0.15) is 10.4 Å². The van der Waals surface area contributed by atoms with Crippen molar-refractivity contribution >= 4 is 46.4 Å². The summed E-state index contributed by atoms with van der Waals surface area (Å²) >= 11 is 16.6. The van der Waals surface area contributed by atoms with E-state index in [1.54, 1.807) is 26.2 Å². The summed E-state index contributed by atoms with van der Waals surface area (Å²) in [6.07, 6.45) is 0. The molecule has 1 rings (SSSR count). The molecule has 0 radical (unpaired) electrons. The zero-order chi connectivity index (χ0) is 13.0. The number of hydrazine groups is 1. The van der Waals surface area contributed by atoms with E-state index in [0.717, 1.165) is 0 Å². The Hall–Kier alpha value is -1.04. The van der Waals surface area contributed by atoms with Crippen molar-refractivity contribution in [2.75, 3.05) is 14.1 Å². The third kappa shape index (κ3) is 3.73. The largest absolute Gasteiger partial charge is 0.364 e. The highest BCUT2D eigenvalue weighted by atomic mass is 35.5. The normalized spacial score (nSPS) is 9.65. The van der Waals surface area contributed by atoms with E-state index in [9.17, 15) is 4.79 Å². The molecule has 0 heterocycles. The van der Waals surface area contributed by atoms with E-state index in [2.05, 4.69) is 10.7 Å². The zero-order valence-corrected chi connectivity index (χ0v) is 11.6. The van der Waals surface area contributed by atoms with Gasteiger partial charge in [-0.05, 0) is 30.4 Å². The van der Waals surface area contributed by atoms with Crippen molar-refractivity contribution in [3.05, 3.63) is 33.8 Å². The molecule has 17 heavy (non-hydrogen) atoms. The van der Waals surface area contributed by atoms with Crippen molar-refractivity contribution < 1.29 is 4.79 Å². The summed E-state index contributed by atoms with van der Waals surface area (Å²) in [5.74, 6) is -0.355. The molecule has 0 aliphatic rings. The van der Waals surface area contributed by atoms with Gasteiger partial charge in [0.05, 0.1) is 10.6 Å². The number of hydrogen-bond acceptors (Lipinski definition) is 2.